The number of fused-ring (bicyclic) bond motifs is 1. The molecule has 7 nitrogen and oxygen atoms in total. The van der Waals surface area contributed by atoms with Crippen LogP contribution in [0.2, 0.25) is 0 Å². The molecule has 0 unspecified atom stereocenters. The normalized spacial score (nSPS) is 11.5. The van der Waals surface area contributed by atoms with Crippen molar-refractivity contribution in [2.24, 2.45) is 5.14 Å². The summed E-state index contributed by atoms with van der Waals surface area (Å²) in [6.07, 6.45) is 1.53. The zero-order valence-electron chi connectivity index (χ0n) is 15.4. The van der Waals surface area contributed by atoms with Crippen LogP contribution < -0.4 is 10.5 Å². The molecule has 8 heteroatoms. The molecule has 0 radical (unpaired) electrons. The number of benzene rings is 2. The largest absolute Gasteiger partial charge is 0.463 e. The molecule has 0 spiro atoms. The highest BCUT2D eigenvalue weighted by Crippen LogP contribution is 2.26. The molecule has 0 aliphatic heterocycles. The molecule has 0 fully saturated rings. The molecule has 2 aromatic heterocycles. The van der Waals surface area contributed by atoms with E-state index in [0.29, 0.717) is 39.2 Å². The van der Waals surface area contributed by atoms with Gasteiger partial charge in [-0.15, -0.1) is 0 Å². The zero-order chi connectivity index (χ0) is 20.6. The maximum absolute atomic E-state index is 13.0. The first kappa shape index (κ1) is 18.9. The smallest absolute Gasteiger partial charge is 0.256 e. The number of para-hydroxylation sites is 1. The summed E-state index contributed by atoms with van der Waals surface area (Å²) in [6, 6.07) is 17.0. The van der Waals surface area contributed by atoms with Crippen molar-refractivity contribution in [2.45, 2.75) is 11.8 Å². The number of nitrogens with one attached hydrogen (secondary N) is 1. The fraction of sp³-hybridized carbons (Fsp3) is 0.0476. The number of rotatable bonds is 4. The fourth-order valence-electron chi connectivity index (χ4n) is 3.10. The Morgan fingerprint density at radius 2 is 1.86 bits per heavy atom. The second kappa shape index (κ2) is 7.16. The summed E-state index contributed by atoms with van der Waals surface area (Å²) in [4.78, 5) is 17.6. The van der Waals surface area contributed by atoms with Gasteiger partial charge in [0, 0.05) is 11.1 Å². The lowest BCUT2D eigenvalue weighted by molar-refractivity contribution is 0.102. The Balaban J connectivity index is 1.78. The van der Waals surface area contributed by atoms with Crippen molar-refractivity contribution in [3.63, 3.8) is 0 Å². The van der Waals surface area contributed by atoms with E-state index in [1.807, 2.05) is 18.2 Å². The van der Waals surface area contributed by atoms with Gasteiger partial charge in [0.05, 0.1) is 22.2 Å². The first-order valence-electron chi connectivity index (χ1n) is 8.71. The molecule has 0 saturated carbocycles. The number of sulfonamides is 1. The van der Waals surface area contributed by atoms with Crippen molar-refractivity contribution in [2.75, 3.05) is 5.32 Å². The van der Waals surface area contributed by atoms with Gasteiger partial charge >= 0.3 is 0 Å². The molecular formula is C21H17N3O4S. The average molecular weight is 407 g/mol. The van der Waals surface area contributed by atoms with Crippen LogP contribution in [-0.2, 0) is 10.0 Å². The number of nitrogens with zero attached hydrogens (tertiary/aromatic N) is 1. The molecule has 0 aliphatic rings. The van der Waals surface area contributed by atoms with Crippen molar-refractivity contribution < 1.29 is 17.6 Å². The Bertz CT molecular complexity index is 1330. The molecule has 0 atom stereocenters. The molecule has 1 amide bonds. The van der Waals surface area contributed by atoms with Crippen LogP contribution in [0.5, 0.6) is 0 Å². The topological polar surface area (TPSA) is 115 Å². The summed E-state index contributed by atoms with van der Waals surface area (Å²) in [6.45, 7) is 1.64. The minimum atomic E-state index is -3.90. The fourth-order valence-corrected chi connectivity index (χ4v) is 3.90. The number of hydrogen-bond acceptors (Lipinski definition) is 5. The van der Waals surface area contributed by atoms with E-state index in [-0.39, 0.29) is 4.90 Å². The third-order valence-electron chi connectivity index (χ3n) is 4.49. The van der Waals surface area contributed by atoms with Gasteiger partial charge in [-0.05, 0) is 48.9 Å². The maximum atomic E-state index is 13.0. The lowest BCUT2D eigenvalue weighted by Gasteiger charge is -2.11. The van der Waals surface area contributed by atoms with Gasteiger partial charge in [-0.2, -0.15) is 0 Å². The van der Waals surface area contributed by atoms with Crippen molar-refractivity contribution in [1.29, 1.82) is 0 Å². The minimum Gasteiger partial charge on any atom is -0.463 e. The number of amides is 1. The summed E-state index contributed by atoms with van der Waals surface area (Å²) in [5.41, 5.74) is 2.37. The highest BCUT2D eigenvalue weighted by molar-refractivity contribution is 7.89. The van der Waals surface area contributed by atoms with E-state index in [1.54, 1.807) is 43.3 Å². The molecule has 29 heavy (non-hydrogen) atoms. The van der Waals surface area contributed by atoms with Crippen LogP contribution >= 0.6 is 0 Å². The predicted molar refractivity (Wildman–Crippen MR) is 110 cm³/mol. The molecule has 0 saturated heterocycles. The van der Waals surface area contributed by atoms with E-state index in [1.165, 1.54) is 12.3 Å². The molecule has 4 rings (SSSR count). The summed E-state index contributed by atoms with van der Waals surface area (Å²) < 4.78 is 28.9. The second-order valence-electron chi connectivity index (χ2n) is 6.53. The van der Waals surface area contributed by atoms with Crippen LogP contribution in [0.3, 0.4) is 0 Å². The Labute approximate surface area is 167 Å². The number of primary sulfonamides is 1. The van der Waals surface area contributed by atoms with E-state index in [2.05, 4.69) is 10.3 Å². The monoisotopic (exact) mass is 407 g/mol. The van der Waals surface area contributed by atoms with Crippen LogP contribution in [0.25, 0.3) is 22.4 Å². The highest BCUT2D eigenvalue weighted by atomic mass is 32.2. The number of carbonyl (C=O) groups excluding carboxylic acids is 1. The maximum Gasteiger partial charge on any atom is 0.256 e. The standard InChI is InChI=1S/C21H17N3O4S/c1-13-8-9-14(11-20(13)29(22,26)27)23-21(25)16-12-18(19-7-4-10-28-19)24-17-6-3-2-5-15(16)17/h2-12H,1H3,(H,23,25)(H2,22,26,27). The zero-order valence-corrected chi connectivity index (χ0v) is 16.2. The van der Waals surface area contributed by atoms with Gasteiger partial charge in [0.25, 0.3) is 5.91 Å². The number of hydrogen-bond donors (Lipinski definition) is 2. The van der Waals surface area contributed by atoms with Gasteiger partial charge in [-0.25, -0.2) is 18.5 Å². The molecule has 0 aliphatic carbocycles. The first-order chi connectivity index (χ1) is 13.8. The van der Waals surface area contributed by atoms with Crippen molar-refractivity contribution in [3.05, 3.63) is 78.1 Å². The van der Waals surface area contributed by atoms with Crippen molar-refractivity contribution in [3.8, 4) is 11.5 Å². The molecule has 146 valence electrons. The van der Waals surface area contributed by atoms with E-state index >= 15 is 0 Å². The first-order valence-corrected chi connectivity index (χ1v) is 10.3. The SMILES string of the molecule is Cc1ccc(NC(=O)c2cc(-c3ccco3)nc3ccccc23)cc1S(N)(=O)=O. The Morgan fingerprint density at radius 1 is 1.07 bits per heavy atom. The lowest BCUT2D eigenvalue weighted by atomic mass is 10.1. The second-order valence-corrected chi connectivity index (χ2v) is 8.06. The molecule has 4 aromatic rings. The summed E-state index contributed by atoms with van der Waals surface area (Å²) in [5, 5.41) is 8.67. The molecule has 0 bridgehead atoms. The number of aromatic nitrogens is 1. The Morgan fingerprint density at radius 3 is 2.59 bits per heavy atom. The van der Waals surface area contributed by atoms with Crippen molar-refractivity contribution >= 4 is 32.5 Å². The Kier molecular flexibility index (Phi) is 4.65. The van der Waals surface area contributed by atoms with Crippen LogP contribution in [0.15, 0.2) is 76.2 Å². The van der Waals surface area contributed by atoms with Gasteiger partial charge in [0.15, 0.2) is 5.76 Å². The minimum absolute atomic E-state index is 0.0360. The van der Waals surface area contributed by atoms with Gasteiger partial charge in [0.2, 0.25) is 10.0 Å². The summed E-state index contributed by atoms with van der Waals surface area (Å²) in [7, 11) is -3.90. The number of furan rings is 1. The third-order valence-corrected chi connectivity index (χ3v) is 5.54. The van der Waals surface area contributed by atoms with E-state index in [0.717, 1.165) is 0 Å². The van der Waals surface area contributed by atoms with Crippen molar-refractivity contribution in [1.82, 2.24) is 4.98 Å². The van der Waals surface area contributed by atoms with Crippen LogP contribution in [0, 0.1) is 6.92 Å². The molecule has 2 aromatic carbocycles. The van der Waals surface area contributed by atoms with Gasteiger partial charge in [-0.3, -0.25) is 4.79 Å². The van der Waals surface area contributed by atoms with Crippen LogP contribution in [0.4, 0.5) is 5.69 Å². The van der Waals surface area contributed by atoms with Gasteiger partial charge < -0.3 is 9.73 Å². The lowest BCUT2D eigenvalue weighted by Crippen LogP contribution is -2.16. The van der Waals surface area contributed by atoms with Gasteiger partial charge in [0.1, 0.15) is 5.69 Å². The number of nitrogens with two attached hydrogens (primary N) is 1. The van der Waals surface area contributed by atoms with Crippen LogP contribution in [-0.4, -0.2) is 19.3 Å². The number of carbonyl (C=O) groups is 1. The predicted octanol–water partition coefficient (Wildman–Crippen LogP) is 3.70. The third kappa shape index (κ3) is 3.75. The molecule has 2 heterocycles. The average Bonchev–Trinajstić information content (AvgIpc) is 3.22. The van der Waals surface area contributed by atoms with E-state index < -0.39 is 15.9 Å². The quantitative estimate of drug-likeness (QED) is 0.535. The molecular weight excluding hydrogens is 390 g/mol. The van der Waals surface area contributed by atoms with Crippen LogP contribution in [0.1, 0.15) is 15.9 Å². The summed E-state index contributed by atoms with van der Waals surface area (Å²) >= 11 is 0. The van der Waals surface area contributed by atoms with E-state index in [9.17, 15) is 13.2 Å². The number of pyridine rings is 1. The number of anilines is 1. The molecule has 3 N–H and O–H groups in total. The van der Waals surface area contributed by atoms with E-state index in [4.69, 9.17) is 9.56 Å². The highest BCUT2D eigenvalue weighted by Gasteiger charge is 2.17. The summed E-state index contributed by atoms with van der Waals surface area (Å²) in [5.74, 6) is 0.136. The van der Waals surface area contributed by atoms with Gasteiger partial charge in [-0.1, -0.05) is 24.3 Å². The Hall–Kier alpha value is -3.49. The number of aryl methyl sites for hydroxylation is 1.